The van der Waals surface area contributed by atoms with E-state index in [9.17, 15) is 5.11 Å². The van der Waals surface area contributed by atoms with E-state index in [1.54, 1.807) is 0 Å². The fraction of sp³-hybridized carbons (Fsp3) is 1.00. The van der Waals surface area contributed by atoms with Gasteiger partial charge in [-0.1, -0.05) is 26.2 Å². The smallest absolute Gasteiger partial charge is 0.0636 e. The third-order valence-corrected chi connectivity index (χ3v) is 3.11. The minimum atomic E-state index is -0.209. The first-order chi connectivity index (χ1) is 6.24. The van der Waals surface area contributed by atoms with Crippen LogP contribution in [-0.4, -0.2) is 23.8 Å². The number of hydrogen-bond donors (Lipinski definition) is 2. The maximum atomic E-state index is 9.18. The summed E-state index contributed by atoms with van der Waals surface area (Å²) >= 11 is 0. The average Bonchev–Trinajstić information content (AvgIpc) is 2.15. The van der Waals surface area contributed by atoms with E-state index in [-0.39, 0.29) is 6.10 Å². The molecule has 3 atom stereocenters. The fourth-order valence-corrected chi connectivity index (χ4v) is 2.29. The first kappa shape index (κ1) is 11.0. The second-order valence-electron chi connectivity index (χ2n) is 4.32. The van der Waals surface area contributed by atoms with Gasteiger partial charge in [-0.15, -0.1) is 0 Å². The Bertz CT molecular complexity index is 136. The zero-order valence-corrected chi connectivity index (χ0v) is 8.92. The Labute approximate surface area is 81.7 Å². The van der Waals surface area contributed by atoms with Crippen molar-refractivity contribution in [2.45, 2.75) is 58.1 Å². The summed E-state index contributed by atoms with van der Waals surface area (Å²) in [5.41, 5.74) is 0. The van der Waals surface area contributed by atoms with Crippen LogP contribution >= 0.6 is 0 Å². The van der Waals surface area contributed by atoms with Gasteiger partial charge < -0.3 is 10.4 Å². The third-order valence-electron chi connectivity index (χ3n) is 3.11. The topological polar surface area (TPSA) is 32.3 Å². The standard InChI is InChI=1S/C11H23NO/c1-3-10-6-4-5-7-11(10)12-8-9(2)13/h9-13H,3-8H2,1-2H3/t9-,10?,11?/m1/s1. The Hall–Kier alpha value is -0.0800. The van der Waals surface area contributed by atoms with E-state index >= 15 is 0 Å². The average molecular weight is 185 g/mol. The molecule has 1 aliphatic carbocycles. The summed E-state index contributed by atoms with van der Waals surface area (Å²) in [7, 11) is 0. The van der Waals surface area contributed by atoms with E-state index in [1.807, 2.05) is 6.92 Å². The molecular formula is C11H23NO. The van der Waals surface area contributed by atoms with E-state index in [4.69, 9.17) is 0 Å². The van der Waals surface area contributed by atoms with Crippen molar-refractivity contribution in [3.63, 3.8) is 0 Å². The van der Waals surface area contributed by atoms with E-state index in [0.29, 0.717) is 6.04 Å². The molecule has 0 aromatic rings. The third kappa shape index (κ3) is 3.65. The summed E-state index contributed by atoms with van der Waals surface area (Å²) in [6.45, 7) is 4.87. The number of hydrogen-bond acceptors (Lipinski definition) is 2. The summed E-state index contributed by atoms with van der Waals surface area (Å²) in [6.07, 6.45) is 6.48. The lowest BCUT2D eigenvalue weighted by Crippen LogP contribution is -2.41. The highest BCUT2D eigenvalue weighted by molar-refractivity contribution is 4.80. The van der Waals surface area contributed by atoms with Gasteiger partial charge in [0.05, 0.1) is 6.10 Å². The van der Waals surface area contributed by atoms with Crippen LogP contribution in [0.3, 0.4) is 0 Å². The number of aliphatic hydroxyl groups is 1. The van der Waals surface area contributed by atoms with Gasteiger partial charge in [-0.3, -0.25) is 0 Å². The molecule has 1 rings (SSSR count). The van der Waals surface area contributed by atoms with Gasteiger partial charge in [0.2, 0.25) is 0 Å². The lowest BCUT2D eigenvalue weighted by Gasteiger charge is -2.32. The summed E-state index contributed by atoms with van der Waals surface area (Å²) in [4.78, 5) is 0. The molecule has 0 heterocycles. The number of aliphatic hydroxyl groups excluding tert-OH is 1. The maximum Gasteiger partial charge on any atom is 0.0636 e. The zero-order chi connectivity index (χ0) is 9.68. The Balaban J connectivity index is 2.27. The molecule has 0 aromatic heterocycles. The van der Waals surface area contributed by atoms with Crippen molar-refractivity contribution < 1.29 is 5.11 Å². The Kier molecular flexibility index (Phi) is 4.74. The summed E-state index contributed by atoms with van der Waals surface area (Å²) < 4.78 is 0. The monoisotopic (exact) mass is 185 g/mol. The van der Waals surface area contributed by atoms with E-state index < -0.39 is 0 Å². The van der Waals surface area contributed by atoms with Crippen LogP contribution in [0.25, 0.3) is 0 Å². The lowest BCUT2D eigenvalue weighted by molar-refractivity contribution is 0.167. The maximum absolute atomic E-state index is 9.18. The van der Waals surface area contributed by atoms with Gasteiger partial charge in [-0.25, -0.2) is 0 Å². The van der Waals surface area contributed by atoms with Gasteiger partial charge in [-0.05, 0) is 25.7 Å². The predicted octanol–water partition coefficient (Wildman–Crippen LogP) is 1.93. The predicted molar refractivity (Wildman–Crippen MR) is 55.7 cm³/mol. The molecule has 2 unspecified atom stereocenters. The fourth-order valence-electron chi connectivity index (χ4n) is 2.29. The van der Waals surface area contributed by atoms with E-state index in [1.165, 1.54) is 32.1 Å². The largest absolute Gasteiger partial charge is 0.392 e. The molecule has 1 saturated carbocycles. The van der Waals surface area contributed by atoms with Crippen LogP contribution in [-0.2, 0) is 0 Å². The molecule has 13 heavy (non-hydrogen) atoms. The molecule has 2 heteroatoms. The van der Waals surface area contributed by atoms with Gasteiger partial charge >= 0.3 is 0 Å². The zero-order valence-electron chi connectivity index (χ0n) is 8.92. The second-order valence-corrected chi connectivity index (χ2v) is 4.32. The van der Waals surface area contributed by atoms with Crippen LogP contribution < -0.4 is 5.32 Å². The van der Waals surface area contributed by atoms with Crippen molar-refractivity contribution in [3.8, 4) is 0 Å². The molecule has 0 bridgehead atoms. The van der Waals surface area contributed by atoms with Crippen LogP contribution in [0.4, 0.5) is 0 Å². The van der Waals surface area contributed by atoms with E-state index in [0.717, 1.165) is 12.5 Å². The summed E-state index contributed by atoms with van der Waals surface area (Å²) in [5, 5.41) is 12.7. The van der Waals surface area contributed by atoms with Crippen LogP contribution in [0.15, 0.2) is 0 Å². The molecular weight excluding hydrogens is 162 g/mol. The van der Waals surface area contributed by atoms with Crippen molar-refractivity contribution in [2.24, 2.45) is 5.92 Å². The highest BCUT2D eigenvalue weighted by atomic mass is 16.3. The molecule has 78 valence electrons. The number of nitrogens with one attached hydrogen (secondary N) is 1. The minimum absolute atomic E-state index is 0.209. The molecule has 0 radical (unpaired) electrons. The molecule has 0 aromatic carbocycles. The quantitative estimate of drug-likeness (QED) is 0.701. The second kappa shape index (κ2) is 5.61. The molecule has 2 N–H and O–H groups in total. The van der Waals surface area contributed by atoms with Crippen molar-refractivity contribution in [2.75, 3.05) is 6.54 Å². The minimum Gasteiger partial charge on any atom is -0.392 e. The molecule has 0 spiro atoms. The Morgan fingerprint density at radius 1 is 1.38 bits per heavy atom. The van der Waals surface area contributed by atoms with Crippen LogP contribution in [0.2, 0.25) is 0 Å². The molecule has 2 nitrogen and oxygen atoms in total. The molecule has 1 fully saturated rings. The van der Waals surface area contributed by atoms with Crippen LogP contribution in [0, 0.1) is 5.92 Å². The van der Waals surface area contributed by atoms with Gasteiger partial charge in [0.1, 0.15) is 0 Å². The first-order valence-corrected chi connectivity index (χ1v) is 5.65. The highest BCUT2D eigenvalue weighted by Crippen LogP contribution is 2.26. The van der Waals surface area contributed by atoms with E-state index in [2.05, 4.69) is 12.2 Å². The molecule has 1 aliphatic rings. The highest BCUT2D eigenvalue weighted by Gasteiger charge is 2.22. The van der Waals surface area contributed by atoms with Gasteiger partial charge in [0.15, 0.2) is 0 Å². The summed E-state index contributed by atoms with van der Waals surface area (Å²) in [6, 6.07) is 0.661. The van der Waals surface area contributed by atoms with Crippen molar-refractivity contribution >= 4 is 0 Å². The normalized spacial score (nSPS) is 31.6. The molecule has 0 saturated heterocycles. The Morgan fingerprint density at radius 3 is 2.69 bits per heavy atom. The van der Waals surface area contributed by atoms with Crippen molar-refractivity contribution in [1.29, 1.82) is 0 Å². The first-order valence-electron chi connectivity index (χ1n) is 5.65. The lowest BCUT2D eigenvalue weighted by atomic mass is 9.83. The van der Waals surface area contributed by atoms with Crippen LogP contribution in [0.1, 0.15) is 46.0 Å². The van der Waals surface area contributed by atoms with Gasteiger partial charge in [0, 0.05) is 12.6 Å². The van der Waals surface area contributed by atoms with Gasteiger partial charge in [0.25, 0.3) is 0 Å². The number of rotatable bonds is 4. The SMILES string of the molecule is CCC1CCCCC1NC[C@@H](C)O. The van der Waals surface area contributed by atoms with Crippen molar-refractivity contribution in [1.82, 2.24) is 5.32 Å². The summed E-state index contributed by atoms with van der Waals surface area (Å²) in [5.74, 6) is 0.840. The van der Waals surface area contributed by atoms with Gasteiger partial charge in [-0.2, -0.15) is 0 Å². The molecule has 0 aliphatic heterocycles. The molecule has 0 amide bonds. The van der Waals surface area contributed by atoms with Crippen molar-refractivity contribution in [3.05, 3.63) is 0 Å². The Morgan fingerprint density at radius 2 is 2.08 bits per heavy atom. The van der Waals surface area contributed by atoms with Crippen LogP contribution in [0.5, 0.6) is 0 Å².